The fourth-order valence-corrected chi connectivity index (χ4v) is 2.04. The van der Waals surface area contributed by atoms with Crippen LogP contribution in [-0.4, -0.2) is 27.8 Å². The summed E-state index contributed by atoms with van der Waals surface area (Å²) in [5.74, 6) is -0.280. The van der Waals surface area contributed by atoms with Crippen molar-refractivity contribution in [3.63, 3.8) is 0 Å². The number of esters is 1. The molecule has 0 radical (unpaired) electrons. The van der Waals surface area contributed by atoms with E-state index >= 15 is 0 Å². The first-order valence-electron chi connectivity index (χ1n) is 4.70. The van der Waals surface area contributed by atoms with Crippen molar-refractivity contribution in [1.29, 1.82) is 0 Å². The summed E-state index contributed by atoms with van der Waals surface area (Å²) in [6, 6.07) is 1.89. The van der Waals surface area contributed by atoms with Gasteiger partial charge in [0.2, 0.25) is 0 Å². The number of hydrogen-bond donors (Lipinski definition) is 0. The molecule has 2 aromatic rings. The number of ether oxygens (including phenoxy) is 1. The molecule has 6 heteroatoms. The third-order valence-corrected chi connectivity index (χ3v) is 2.95. The Morgan fingerprint density at radius 1 is 1.62 bits per heavy atom. The molecule has 0 saturated heterocycles. The van der Waals surface area contributed by atoms with E-state index in [-0.39, 0.29) is 12.4 Å². The van der Waals surface area contributed by atoms with E-state index in [1.165, 1.54) is 18.4 Å². The van der Waals surface area contributed by atoms with Crippen molar-refractivity contribution in [3.05, 3.63) is 23.3 Å². The van der Waals surface area contributed by atoms with Crippen molar-refractivity contribution >= 4 is 17.3 Å². The molecule has 0 bridgehead atoms. The number of hydrogen-bond acceptors (Lipinski definition) is 5. The summed E-state index contributed by atoms with van der Waals surface area (Å²) < 4.78 is 6.30. The number of methoxy groups -OCH3 is 1. The van der Waals surface area contributed by atoms with Crippen molar-refractivity contribution in [2.75, 3.05) is 7.11 Å². The highest BCUT2D eigenvalue weighted by molar-refractivity contribution is 7.13. The highest BCUT2D eigenvalue weighted by Gasteiger charge is 2.10. The van der Waals surface area contributed by atoms with Crippen molar-refractivity contribution in [2.24, 2.45) is 7.05 Å². The molecular formula is C10H11N3O2S. The predicted molar refractivity (Wildman–Crippen MR) is 60.0 cm³/mol. The van der Waals surface area contributed by atoms with Gasteiger partial charge in [0.15, 0.2) is 0 Å². The van der Waals surface area contributed by atoms with Gasteiger partial charge in [-0.3, -0.25) is 9.48 Å². The molecule has 0 aliphatic heterocycles. The zero-order chi connectivity index (χ0) is 11.5. The molecule has 5 nitrogen and oxygen atoms in total. The number of thiazole rings is 1. The summed E-state index contributed by atoms with van der Waals surface area (Å²) in [6.45, 7) is 0. The second-order valence-electron chi connectivity index (χ2n) is 3.27. The number of carbonyl (C=O) groups is 1. The minimum atomic E-state index is -0.280. The lowest BCUT2D eigenvalue weighted by molar-refractivity contribution is -0.139. The maximum absolute atomic E-state index is 11.1. The molecule has 0 aromatic carbocycles. The SMILES string of the molecule is COC(=O)Cc1csc(-c2ccn(C)n2)n1. The van der Waals surface area contributed by atoms with Crippen LogP contribution in [0.15, 0.2) is 17.6 Å². The van der Waals surface area contributed by atoms with E-state index in [0.717, 1.165) is 16.4 Å². The fraction of sp³-hybridized carbons (Fsp3) is 0.300. The Morgan fingerprint density at radius 2 is 2.44 bits per heavy atom. The van der Waals surface area contributed by atoms with Gasteiger partial charge in [-0.1, -0.05) is 0 Å². The van der Waals surface area contributed by atoms with E-state index < -0.39 is 0 Å². The molecule has 0 atom stereocenters. The highest BCUT2D eigenvalue weighted by atomic mass is 32.1. The molecule has 84 valence electrons. The Kier molecular flexibility index (Phi) is 3.00. The molecule has 0 spiro atoms. The molecule has 0 amide bonds. The Labute approximate surface area is 96.7 Å². The first kappa shape index (κ1) is 10.8. The third kappa shape index (κ3) is 2.27. The fourth-order valence-electron chi connectivity index (χ4n) is 1.25. The second kappa shape index (κ2) is 4.44. The molecule has 16 heavy (non-hydrogen) atoms. The summed E-state index contributed by atoms with van der Waals surface area (Å²) in [4.78, 5) is 15.4. The van der Waals surface area contributed by atoms with Crippen LogP contribution in [0.25, 0.3) is 10.7 Å². The minimum absolute atomic E-state index is 0.208. The van der Waals surface area contributed by atoms with E-state index in [0.29, 0.717) is 0 Å². The minimum Gasteiger partial charge on any atom is -0.469 e. The topological polar surface area (TPSA) is 57.0 Å². The molecule has 0 aliphatic rings. The summed E-state index contributed by atoms with van der Waals surface area (Å²) in [7, 11) is 3.22. The Morgan fingerprint density at radius 3 is 3.06 bits per heavy atom. The van der Waals surface area contributed by atoms with Gasteiger partial charge in [-0.05, 0) is 6.07 Å². The second-order valence-corrected chi connectivity index (χ2v) is 4.13. The van der Waals surface area contributed by atoms with Crippen LogP contribution in [0.5, 0.6) is 0 Å². The first-order valence-corrected chi connectivity index (χ1v) is 5.58. The molecule has 2 aromatic heterocycles. The van der Waals surface area contributed by atoms with Gasteiger partial charge in [0, 0.05) is 18.6 Å². The van der Waals surface area contributed by atoms with Gasteiger partial charge in [-0.25, -0.2) is 4.98 Å². The smallest absolute Gasteiger partial charge is 0.311 e. The lowest BCUT2D eigenvalue weighted by atomic mass is 10.3. The van der Waals surface area contributed by atoms with Crippen LogP contribution in [0.3, 0.4) is 0 Å². The van der Waals surface area contributed by atoms with Gasteiger partial charge in [0.1, 0.15) is 10.7 Å². The molecular weight excluding hydrogens is 226 g/mol. The van der Waals surface area contributed by atoms with Gasteiger partial charge < -0.3 is 4.74 Å². The number of nitrogens with zero attached hydrogens (tertiary/aromatic N) is 3. The van der Waals surface area contributed by atoms with Crippen molar-refractivity contribution < 1.29 is 9.53 Å². The van der Waals surface area contributed by atoms with Gasteiger partial charge in [0.05, 0.1) is 19.2 Å². The van der Waals surface area contributed by atoms with E-state index in [1.54, 1.807) is 4.68 Å². The maximum atomic E-state index is 11.1. The summed E-state index contributed by atoms with van der Waals surface area (Å²) in [6.07, 6.45) is 2.07. The van der Waals surface area contributed by atoms with Crippen LogP contribution in [0.2, 0.25) is 0 Å². The maximum Gasteiger partial charge on any atom is 0.311 e. The average Bonchev–Trinajstić information content (AvgIpc) is 2.87. The van der Waals surface area contributed by atoms with Gasteiger partial charge in [-0.15, -0.1) is 11.3 Å². The zero-order valence-electron chi connectivity index (χ0n) is 9.01. The van der Waals surface area contributed by atoms with Crippen LogP contribution < -0.4 is 0 Å². The standard InChI is InChI=1S/C10H11N3O2S/c1-13-4-3-8(12-13)10-11-7(6-16-10)5-9(14)15-2/h3-4,6H,5H2,1-2H3. The van der Waals surface area contributed by atoms with Gasteiger partial charge in [-0.2, -0.15) is 5.10 Å². The number of rotatable bonds is 3. The third-order valence-electron chi connectivity index (χ3n) is 2.04. The highest BCUT2D eigenvalue weighted by Crippen LogP contribution is 2.21. The monoisotopic (exact) mass is 237 g/mol. The number of carbonyl (C=O) groups excluding carboxylic acids is 1. The van der Waals surface area contributed by atoms with Crippen molar-refractivity contribution in [3.8, 4) is 10.7 Å². The zero-order valence-corrected chi connectivity index (χ0v) is 9.82. The van der Waals surface area contributed by atoms with E-state index in [2.05, 4.69) is 14.8 Å². The van der Waals surface area contributed by atoms with Crippen LogP contribution in [0.1, 0.15) is 5.69 Å². The van der Waals surface area contributed by atoms with Crippen molar-refractivity contribution in [1.82, 2.24) is 14.8 Å². The van der Waals surface area contributed by atoms with Crippen LogP contribution >= 0.6 is 11.3 Å². The Balaban J connectivity index is 2.16. The molecule has 2 heterocycles. The molecule has 0 fully saturated rings. The van der Waals surface area contributed by atoms with E-state index in [4.69, 9.17) is 0 Å². The summed E-state index contributed by atoms with van der Waals surface area (Å²) in [5, 5.41) is 6.91. The van der Waals surface area contributed by atoms with Gasteiger partial charge >= 0.3 is 5.97 Å². The van der Waals surface area contributed by atoms with Crippen molar-refractivity contribution in [2.45, 2.75) is 6.42 Å². The van der Waals surface area contributed by atoms with Crippen LogP contribution in [-0.2, 0) is 23.0 Å². The van der Waals surface area contributed by atoms with E-state index in [1.807, 2.05) is 24.7 Å². The van der Waals surface area contributed by atoms with E-state index in [9.17, 15) is 4.79 Å². The molecule has 0 unspecified atom stereocenters. The molecule has 0 saturated carbocycles. The van der Waals surface area contributed by atoms with Crippen LogP contribution in [0.4, 0.5) is 0 Å². The predicted octanol–water partition coefficient (Wildman–Crippen LogP) is 1.26. The Bertz CT molecular complexity index is 504. The molecule has 2 rings (SSSR count). The van der Waals surface area contributed by atoms with Crippen LogP contribution in [0, 0.1) is 0 Å². The lowest BCUT2D eigenvalue weighted by Gasteiger charge is -1.93. The summed E-state index contributed by atoms with van der Waals surface area (Å²) >= 11 is 1.47. The molecule has 0 aliphatic carbocycles. The lowest BCUT2D eigenvalue weighted by Crippen LogP contribution is -2.04. The largest absolute Gasteiger partial charge is 0.469 e. The Hall–Kier alpha value is -1.69. The average molecular weight is 237 g/mol. The number of aromatic nitrogens is 3. The molecule has 0 N–H and O–H groups in total. The quantitative estimate of drug-likeness (QED) is 0.754. The normalized spacial score (nSPS) is 10.4. The first-order chi connectivity index (χ1) is 7.69. The summed E-state index contributed by atoms with van der Waals surface area (Å²) in [5.41, 5.74) is 1.54. The number of aryl methyl sites for hydroxylation is 1. The van der Waals surface area contributed by atoms with Gasteiger partial charge in [0.25, 0.3) is 0 Å².